The molecule has 0 saturated carbocycles. The second kappa shape index (κ2) is 6.48. The van der Waals surface area contributed by atoms with E-state index < -0.39 is 24.9 Å². The second-order valence-corrected chi connectivity index (χ2v) is 3.90. The summed E-state index contributed by atoms with van der Waals surface area (Å²) in [4.78, 5) is 23.6. The Labute approximate surface area is 97.3 Å². The normalized spacial score (nSPS) is 17.5. The number of carboxylic acids is 1. The Morgan fingerprint density at radius 1 is 1.35 bits per heavy atom. The van der Waals surface area contributed by atoms with E-state index in [1.807, 2.05) is 0 Å². The van der Waals surface area contributed by atoms with Gasteiger partial charge < -0.3 is 14.7 Å². The van der Waals surface area contributed by atoms with Crippen molar-refractivity contribution in [2.75, 3.05) is 26.3 Å². The van der Waals surface area contributed by atoms with Crippen molar-refractivity contribution in [1.29, 1.82) is 0 Å². The Bertz CT molecular complexity index is 277. The zero-order chi connectivity index (χ0) is 12.8. The zero-order valence-corrected chi connectivity index (χ0v) is 9.27. The van der Waals surface area contributed by atoms with E-state index >= 15 is 0 Å². The maximum atomic E-state index is 11.8. The van der Waals surface area contributed by atoms with Crippen LogP contribution in [0, 0.1) is 5.92 Å². The van der Waals surface area contributed by atoms with Crippen LogP contribution in [0.25, 0.3) is 0 Å². The van der Waals surface area contributed by atoms with Gasteiger partial charge in [0.05, 0.1) is 5.92 Å². The summed E-state index contributed by atoms with van der Waals surface area (Å²) in [6.45, 7) is -0.443. The molecule has 98 valence electrons. The highest BCUT2D eigenvalue weighted by atomic mass is 19.3. The highest BCUT2D eigenvalue weighted by Crippen LogP contribution is 2.17. The minimum Gasteiger partial charge on any atom is -0.481 e. The number of carbonyl (C=O) groups excluding carboxylic acids is 1. The molecular weight excluding hydrogens is 236 g/mol. The van der Waals surface area contributed by atoms with Gasteiger partial charge in [-0.25, -0.2) is 8.78 Å². The van der Waals surface area contributed by atoms with E-state index in [1.165, 1.54) is 4.90 Å². The van der Waals surface area contributed by atoms with Crippen molar-refractivity contribution in [3.8, 4) is 0 Å². The van der Waals surface area contributed by atoms with Crippen molar-refractivity contribution in [2.24, 2.45) is 5.92 Å². The molecule has 0 unspecified atom stereocenters. The molecule has 5 nitrogen and oxygen atoms in total. The number of piperidine rings is 1. The molecule has 1 heterocycles. The second-order valence-electron chi connectivity index (χ2n) is 3.90. The van der Waals surface area contributed by atoms with E-state index in [0.29, 0.717) is 25.9 Å². The number of aliphatic carboxylic acids is 1. The average Bonchev–Trinajstić information content (AvgIpc) is 2.28. The van der Waals surface area contributed by atoms with Crippen LogP contribution < -0.4 is 0 Å². The predicted octanol–water partition coefficient (Wildman–Crippen LogP) is 0.591. The highest BCUT2D eigenvalue weighted by Gasteiger charge is 2.26. The number of rotatable bonds is 5. The zero-order valence-electron chi connectivity index (χ0n) is 9.27. The van der Waals surface area contributed by atoms with Crippen LogP contribution in [0.3, 0.4) is 0 Å². The minimum absolute atomic E-state index is 0.341. The van der Waals surface area contributed by atoms with Crippen LogP contribution in [0.1, 0.15) is 12.8 Å². The third kappa shape index (κ3) is 4.64. The van der Waals surface area contributed by atoms with E-state index in [2.05, 4.69) is 4.74 Å². The van der Waals surface area contributed by atoms with Crippen LogP contribution in [0.5, 0.6) is 0 Å². The summed E-state index contributed by atoms with van der Waals surface area (Å²) in [6, 6.07) is 0. The molecule has 17 heavy (non-hydrogen) atoms. The van der Waals surface area contributed by atoms with Crippen LogP contribution in [-0.4, -0.2) is 54.6 Å². The Morgan fingerprint density at radius 2 is 1.94 bits per heavy atom. The minimum atomic E-state index is -2.58. The predicted molar refractivity (Wildman–Crippen MR) is 53.8 cm³/mol. The number of carboxylic acid groups (broad SMARTS) is 1. The third-order valence-corrected chi connectivity index (χ3v) is 2.67. The van der Waals surface area contributed by atoms with Gasteiger partial charge in [0.2, 0.25) is 5.91 Å². The lowest BCUT2D eigenvalue weighted by Gasteiger charge is -2.30. The first-order valence-corrected chi connectivity index (χ1v) is 5.37. The van der Waals surface area contributed by atoms with E-state index in [1.54, 1.807) is 0 Å². The maximum Gasteiger partial charge on any atom is 0.306 e. The summed E-state index contributed by atoms with van der Waals surface area (Å²) < 4.78 is 28.0. The fourth-order valence-electron chi connectivity index (χ4n) is 1.70. The first kappa shape index (κ1) is 13.8. The Morgan fingerprint density at radius 3 is 2.41 bits per heavy atom. The van der Waals surface area contributed by atoms with E-state index in [9.17, 15) is 18.4 Å². The van der Waals surface area contributed by atoms with Gasteiger partial charge in [-0.05, 0) is 12.8 Å². The van der Waals surface area contributed by atoms with Gasteiger partial charge in [0.15, 0.2) is 0 Å². The number of likely N-dealkylation sites (tertiary alicyclic amines) is 1. The lowest BCUT2D eigenvalue weighted by atomic mass is 9.97. The van der Waals surface area contributed by atoms with E-state index in [0.717, 1.165) is 0 Å². The fraction of sp³-hybridized carbons (Fsp3) is 0.800. The van der Waals surface area contributed by atoms with Crippen LogP contribution >= 0.6 is 0 Å². The number of nitrogens with zero attached hydrogens (tertiary/aromatic N) is 1. The average molecular weight is 251 g/mol. The Hall–Kier alpha value is -1.24. The van der Waals surface area contributed by atoms with E-state index in [-0.39, 0.29) is 12.5 Å². The first-order valence-electron chi connectivity index (χ1n) is 5.37. The molecule has 1 rings (SSSR count). The van der Waals surface area contributed by atoms with Crippen molar-refractivity contribution in [3.63, 3.8) is 0 Å². The maximum absolute atomic E-state index is 11.8. The Balaban J connectivity index is 2.24. The van der Waals surface area contributed by atoms with Gasteiger partial charge in [-0.1, -0.05) is 0 Å². The number of carbonyl (C=O) groups is 2. The monoisotopic (exact) mass is 251 g/mol. The summed E-state index contributed by atoms with van der Waals surface area (Å²) in [5.74, 6) is -1.64. The number of ether oxygens (including phenoxy) is 1. The summed E-state index contributed by atoms with van der Waals surface area (Å²) >= 11 is 0. The molecule has 0 atom stereocenters. The molecule has 1 saturated heterocycles. The molecule has 1 aliphatic heterocycles. The SMILES string of the molecule is O=C(O)C1CCN(C(=O)COCC(F)F)CC1. The molecule has 1 N–H and O–H groups in total. The molecule has 0 aromatic heterocycles. The summed E-state index contributed by atoms with van der Waals surface area (Å²) in [6.07, 6.45) is -1.79. The van der Waals surface area contributed by atoms with Crippen molar-refractivity contribution in [2.45, 2.75) is 19.3 Å². The van der Waals surface area contributed by atoms with Gasteiger partial charge in [-0.3, -0.25) is 9.59 Å². The Kier molecular flexibility index (Phi) is 5.27. The van der Waals surface area contributed by atoms with Gasteiger partial charge in [0.1, 0.15) is 13.2 Å². The topological polar surface area (TPSA) is 66.8 Å². The van der Waals surface area contributed by atoms with Crippen molar-refractivity contribution < 1.29 is 28.2 Å². The summed E-state index contributed by atoms with van der Waals surface area (Å²) in [7, 11) is 0. The summed E-state index contributed by atoms with van der Waals surface area (Å²) in [5, 5.41) is 8.75. The van der Waals surface area contributed by atoms with Crippen molar-refractivity contribution in [3.05, 3.63) is 0 Å². The molecule has 7 heteroatoms. The van der Waals surface area contributed by atoms with Gasteiger partial charge in [0, 0.05) is 13.1 Å². The third-order valence-electron chi connectivity index (χ3n) is 2.67. The molecule has 0 aromatic rings. The van der Waals surface area contributed by atoms with Crippen LogP contribution in [0.15, 0.2) is 0 Å². The molecule has 1 fully saturated rings. The standard InChI is InChI=1S/C10H15F2NO4/c11-8(12)5-17-6-9(14)13-3-1-7(2-4-13)10(15)16/h7-8H,1-6H2,(H,15,16). The quantitative estimate of drug-likeness (QED) is 0.776. The first-order chi connectivity index (χ1) is 8.00. The van der Waals surface area contributed by atoms with Gasteiger partial charge >= 0.3 is 5.97 Å². The number of alkyl halides is 2. The fourth-order valence-corrected chi connectivity index (χ4v) is 1.70. The van der Waals surface area contributed by atoms with Crippen LogP contribution in [0.4, 0.5) is 8.78 Å². The molecule has 0 spiro atoms. The van der Waals surface area contributed by atoms with Crippen molar-refractivity contribution >= 4 is 11.9 Å². The summed E-state index contributed by atoms with van der Waals surface area (Å²) in [5.41, 5.74) is 0. The lowest BCUT2D eigenvalue weighted by Crippen LogP contribution is -2.42. The largest absolute Gasteiger partial charge is 0.481 e. The van der Waals surface area contributed by atoms with Crippen molar-refractivity contribution in [1.82, 2.24) is 4.90 Å². The molecule has 1 aliphatic rings. The smallest absolute Gasteiger partial charge is 0.306 e. The molecule has 0 radical (unpaired) electrons. The van der Waals surface area contributed by atoms with E-state index in [4.69, 9.17) is 5.11 Å². The van der Waals surface area contributed by atoms with Crippen LogP contribution in [-0.2, 0) is 14.3 Å². The van der Waals surface area contributed by atoms with Gasteiger partial charge in [-0.15, -0.1) is 0 Å². The highest BCUT2D eigenvalue weighted by molar-refractivity contribution is 5.78. The van der Waals surface area contributed by atoms with Gasteiger partial charge in [0.25, 0.3) is 6.43 Å². The van der Waals surface area contributed by atoms with Gasteiger partial charge in [-0.2, -0.15) is 0 Å². The molecular formula is C10H15F2NO4. The molecule has 0 aliphatic carbocycles. The number of halogens is 2. The number of amides is 1. The molecule has 0 aromatic carbocycles. The van der Waals surface area contributed by atoms with Crippen LogP contribution in [0.2, 0.25) is 0 Å². The number of hydrogen-bond acceptors (Lipinski definition) is 3. The number of hydrogen-bond donors (Lipinski definition) is 1. The molecule has 0 bridgehead atoms. The molecule has 1 amide bonds. The lowest BCUT2D eigenvalue weighted by molar-refractivity contribution is -0.147.